The summed E-state index contributed by atoms with van der Waals surface area (Å²) >= 11 is 1.58. The summed E-state index contributed by atoms with van der Waals surface area (Å²) in [7, 11) is 0. The van der Waals surface area contributed by atoms with Crippen molar-refractivity contribution in [2.75, 3.05) is 45.9 Å². The van der Waals surface area contributed by atoms with Crippen LogP contribution in [0.15, 0.2) is 84.2 Å². The summed E-state index contributed by atoms with van der Waals surface area (Å²) in [6, 6.07) is 23.7. The smallest absolute Gasteiger partial charge is 0.254 e. The Labute approximate surface area is 232 Å². The first-order valence-electron chi connectivity index (χ1n) is 13.2. The van der Waals surface area contributed by atoms with Gasteiger partial charge in [0, 0.05) is 43.2 Å². The van der Waals surface area contributed by atoms with Crippen molar-refractivity contribution in [1.82, 2.24) is 14.7 Å². The lowest BCUT2D eigenvalue weighted by Crippen LogP contribution is -2.47. The summed E-state index contributed by atoms with van der Waals surface area (Å²) in [5, 5.41) is 4.03. The molecule has 3 aromatic carbocycles. The number of thiophene rings is 1. The first-order valence-corrected chi connectivity index (χ1v) is 14.1. The van der Waals surface area contributed by atoms with Gasteiger partial charge < -0.3 is 14.5 Å². The number of fused-ring (bicyclic) bond motifs is 1. The Morgan fingerprint density at radius 2 is 1.64 bits per heavy atom. The van der Waals surface area contributed by atoms with E-state index in [2.05, 4.69) is 4.90 Å². The fourth-order valence-electron chi connectivity index (χ4n) is 4.74. The summed E-state index contributed by atoms with van der Waals surface area (Å²) < 4.78 is 19.0. The highest BCUT2D eigenvalue weighted by molar-refractivity contribution is 7.09. The first-order chi connectivity index (χ1) is 19.0. The van der Waals surface area contributed by atoms with Crippen LogP contribution in [0.2, 0.25) is 0 Å². The number of hydrogen-bond acceptors (Lipinski definition) is 5. The van der Waals surface area contributed by atoms with Gasteiger partial charge in [0.1, 0.15) is 12.4 Å². The van der Waals surface area contributed by atoms with Crippen LogP contribution in [-0.2, 0) is 22.6 Å². The molecule has 1 aromatic heterocycles. The number of ether oxygens (including phenoxy) is 1. The molecule has 0 saturated carbocycles. The molecule has 0 unspecified atom stereocenters. The monoisotopic (exact) mass is 545 g/mol. The van der Waals surface area contributed by atoms with E-state index in [1.807, 2.05) is 60.0 Å². The second-order valence-electron chi connectivity index (χ2n) is 9.70. The van der Waals surface area contributed by atoms with Crippen molar-refractivity contribution < 1.29 is 18.7 Å². The van der Waals surface area contributed by atoms with Crippen LogP contribution in [0, 0.1) is 5.82 Å². The molecule has 1 aliphatic rings. The van der Waals surface area contributed by atoms with Crippen LogP contribution in [-0.4, -0.2) is 72.5 Å². The summed E-state index contributed by atoms with van der Waals surface area (Å²) in [5.74, 6) is -0.630. The number of carbonyl (C=O) groups excluding carboxylic acids is 2. The number of hydrogen-bond donors (Lipinski definition) is 0. The van der Waals surface area contributed by atoms with Crippen LogP contribution in [0.3, 0.4) is 0 Å². The molecule has 0 spiro atoms. The Morgan fingerprint density at radius 3 is 2.38 bits per heavy atom. The van der Waals surface area contributed by atoms with Crippen molar-refractivity contribution in [2.24, 2.45) is 0 Å². The third kappa shape index (κ3) is 7.29. The highest BCUT2D eigenvalue weighted by Gasteiger charge is 2.24. The first kappa shape index (κ1) is 27.0. The number of carbonyl (C=O) groups is 2. The molecule has 6 nitrogen and oxygen atoms in total. The van der Waals surface area contributed by atoms with Crippen LogP contribution in [0.25, 0.3) is 10.8 Å². The van der Waals surface area contributed by atoms with Gasteiger partial charge in [0.15, 0.2) is 0 Å². The predicted octanol–water partition coefficient (Wildman–Crippen LogP) is 5.04. The third-order valence-corrected chi connectivity index (χ3v) is 7.83. The minimum absolute atomic E-state index is 0.0391. The topological polar surface area (TPSA) is 53.1 Å². The van der Waals surface area contributed by atoms with Crippen molar-refractivity contribution in [2.45, 2.75) is 13.1 Å². The molecule has 0 radical (unpaired) electrons. The van der Waals surface area contributed by atoms with E-state index in [4.69, 9.17) is 4.74 Å². The maximum absolute atomic E-state index is 13.8. The number of nitrogens with zero attached hydrogens (tertiary/aromatic N) is 3. The maximum Gasteiger partial charge on any atom is 0.254 e. The van der Waals surface area contributed by atoms with E-state index in [1.165, 1.54) is 12.1 Å². The molecule has 1 fully saturated rings. The Hall–Kier alpha value is -3.59. The molecule has 1 saturated heterocycles. The van der Waals surface area contributed by atoms with Crippen molar-refractivity contribution in [1.29, 1.82) is 0 Å². The quantitative estimate of drug-likeness (QED) is 0.280. The van der Waals surface area contributed by atoms with E-state index in [9.17, 15) is 14.0 Å². The van der Waals surface area contributed by atoms with Gasteiger partial charge in [-0.3, -0.25) is 14.5 Å². The van der Waals surface area contributed by atoms with Gasteiger partial charge in [-0.2, -0.15) is 0 Å². The SMILES string of the molecule is O=C(CN(CCN1CCOCC1)C(=O)c1ccc2ccccc2c1)N(Cc1ccc(F)cc1)Cc1cccs1. The lowest BCUT2D eigenvalue weighted by molar-refractivity contribution is -0.133. The van der Waals surface area contributed by atoms with E-state index in [0.29, 0.717) is 45.0 Å². The maximum atomic E-state index is 13.8. The molecule has 1 aliphatic heterocycles. The molecular weight excluding hydrogens is 513 g/mol. The van der Waals surface area contributed by atoms with Gasteiger partial charge in [-0.05, 0) is 52.0 Å². The third-order valence-electron chi connectivity index (χ3n) is 6.97. The Kier molecular flexibility index (Phi) is 8.98. The van der Waals surface area contributed by atoms with Crippen molar-refractivity contribution >= 4 is 33.9 Å². The molecule has 4 aromatic rings. The molecule has 0 N–H and O–H groups in total. The van der Waals surface area contributed by atoms with E-state index in [1.54, 1.807) is 33.3 Å². The minimum Gasteiger partial charge on any atom is -0.379 e. The lowest BCUT2D eigenvalue weighted by Gasteiger charge is -2.31. The zero-order valence-electron chi connectivity index (χ0n) is 21.8. The Bertz CT molecular complexity index is 1390. The molecule has 0 bridgehead atoms. The number of rotatable bonds is 10. The van der Waals surface area contributed by atoms with Crippen molar-refractivity contribution in [3.8, 4) is 0 Å². The average molecular weight is 546 g/mol. The van der Waals surface area contributed by atoms with Gasteiger partial charge in [0.05, 0.1) is 19.8 Å². The summed E-state index contributed by atoms with van der Waals surface area (Å²) in [5.41, 5.74) is 1.40. The number of amides is 2. The van der Waals surface area contributed by atoms with Gasteiger partial charge in [0.25, 0.3) is 5.91 Å². The molecule has 2 heterocycles. The Balaban J connectivity index is 1.37. The highest BCUT2D eigenvalue weighted by Crippen LogP contribution is 2.19. The molecule has 2 amide bonds. The van der Waals surface area contributed by atoms with Crippen LogP contribution >= 0.6 is 11.3 Å². The normalized spacial score (nSPS) is 13.9. The number of benzene rings is 3. The van der Waals surface area contributed by atoms with Gasteiger partial charge in [-0.1, -0.05) is 48.5 Å². The molecule has 5 rings (SSSR count). The van der Waals surface area contributed by atoms with E-state index in [0.717, 1.165) is 34.3 Å². The molecule has 39 heavy (non-hydrogen) atoms. The van der Waals surface area contributed by atoms with Gasteiger partial charge in [-0.15, -0.1) is 11.3 Å². The summed E-state index contributed by atoms with van der Waals surface area (Å²) in [6.07, 6.45) is 0. The standard InChI is InChI=1S/C31H32FN3O3S/c32-28-11-7-24(8-12-28)21-35(22-29-6-3-19-39-29)30(36)23-34(14-13-33-15-17-38-18-16-33)31(37)27-10-9-25-4-1-2-5-26(25)20-27/h1-12,19-20H,13-18,21-23H2. The largest absolute Gasteiger partial charge is 0.379 e. The van der Waals surface area contributed by atoms with Crippen LogP contribution < -0.4 is 0 Å². The van der Waals surface area contributed by atoms with E-state index in [-0.39, 0.29) is 24.2 Å². The van der Waals surface area contributed by atoms with E-state index >= 15 is 0 Å². The predicted molar refractivity (Wildman–Crippen MR) is 152 cm³/mol. The van der Waals surface area contributed by atoms with Gasteiger partial charge in [-0.25, -0.2) is 4.39 Å². The zero-order chi connectivity index (χ0) is 27.0. The van der Waals surface area contributed by atoms with Crippen LogP contribution in [0.5, 0.6) is 0 Å². The number of morpholine rings is 1. The molecular formula is C31H32FN3O3S. The highest BCUT2D eigenvalue weighted by atomic mass is 32.1. The van der Waals surface area contributed by atoms with Crippen LogP contribution in [0.4, 0.5) is 4.39 Å². The molecule has 8 heteroatoms. The second-order valence-corrected chi connectivity index (χ2v) is 10.7. The minimum atomic E-state index is -0.315. The summed E-state index contributed by atoms with van der Waals surface area (Å²) in [4.78, 5) is 34.3. The van der Waals surface area contributed by atoms with E-state index < -0.39 is 0 Å². The molecule has 0 atom stereocenters. The van der Waals surface area contributed by atoms with Crippen molar-refractivity contribution in [3.63, 3.8) is 0 Å². The number of halogens is 1. The Morgan fingerprint density at radius 1 is 0.872 bits per heavy atom. The van der Waals surface area contributed by atoms with Crippen LogP contribution in [0.1, 0.15) is 20.8 Å². The molecule has 202 valence electrons. The van der Waals surface area contributed by atoms with Crippen molar-refractivity contribution in [3.05, 3.63) is 106 Å². The average Bonchev–Trinajstić information content (AvgIpc) is 3.49. The zero-order valence-corrected chi connectivity index (χ0v) is 22.6. The molecule has 0 aliphatic carbocycles. The lowest BCUT2D eigenvalue weighted by atomic mass is 10.1. The fraction of sp³-hybridized carbons (Fsp3) is 0.290. The fourth-order valence-corrected chi connectivity index (χ4v) is 5.46. The summed E-state index contributed by atoms with van der Waals surface area (Å²) in [6.45, 7) is 4.77. The second kappa shape index (κ2) is 13.0. The van der Waals surface area contributed by atoms with Gasteiger partial charge >= 0.3 is 0 Å². The van der Waals surface area contributed by atoms with Gasteiger partial charge in [0.2, 0.25) is 5.91 Å².